The highest BCUT2D eigenvalue weighted by molar-refractivity contribution is 5.90. The van der Waals surface area contributed by atoms with Crippen LogP contribution < -0.4 is 11.1 Å². The largest absolute Gasteiger partial charge is 0.444 e. The zero-order chi connectivity index (χ0) is 18.9. The van der Waals surface area contributed by atoms with Gasteiger partial charge in [0.05, 0.1) is 24.2 Å². The Morgan fingerprint density at radius 2 is 2.15 bits per heavy atom. The van der Waals surface area contributed by atoms with Crippen molar-refractivity contribution in [3.8, 4) is 0 Å². The van der Waals surface area contributed by atoms with Crippen molar-refractivity contribution in [1.29, 1.82) is 0 Å². The van der Waals surface area contributed by atoms with E-state index in [9.17, 15) is 4.79 Å². The van der Waals surface area contributed by atoms with E-state index in [0.29, 0.717) is 24.5 Å². The molecule has 0 aliphatic carbocycles. The Balaban J connectivity index is 1.64. The first-order chi connectivity index (χ1) is 12.2. The molecule has 0 aliphatic rings. The van der Waals surface area contributed by atoms with Crippen LogP contribution >= 0.6 is 0 Å². The summed E-state index contributed by atoms with van der Waals surface area (Å²) in [6.07, 6.45) is 1.40. The van der Waals surface area contributed by atoms with Crippen LogP contribution in [-0.4, -0.2) is 26.6 Å². The molecule has 2 heterocycles. The number of nitrogens with one attached hydrogen (secondary N) is 1. The maximum atomic E-state index is 11.7. The van der Waals surface area contributed by atoms with E-state index in [0.717, 1.165) is 22.2 Å². The molecule has 0 radical (unpaired) electrons. The first-order valence-electron chi connectivity index (χ1n) is 8.35. The predicted molar refractivity (Wildman–Crippen MR) is 97.6 cm³/mol. The van der Waals surface area contributed by atoms with E-state index < -0.39 is 11.7 Å². The Morgan fingerprint density at radius 3 is 2.88 bits per heavy atom. The standard InChI is InChI=1S/C18H23N5O3/c1-11-7-12(8-14-15(11)16(19)22-26-14)10-23-6-5-13(21-23)9-20-17(24)25-18(2,3)4/h5-8H,9-10H2,1-4H3,(H2,19,22)(H,20,24). The normalized spacial score (nSPS) is 11.7. The fourth-order valence-electron chi connectivity index (χ4n) is 2.71. The third-order valence-electron chi connectivity index (χ3n) is 3.71. The number of alkyl carbamates (subject to hydrolysis) is 1. The Bertz CT molecular complexity index is 936. The number of ether oxygens (including phenoxy) is 1. The molecule has 138 valence electrons. The molecule has 0 bridgehead atoms. The fraction of sp³-hybridized carbons (Fsp3) is 0.389. The van der Waals surface area contributed by atoms with Crippen LogP contribution in [0.2, 0.25) is 0 Å². The van der Waals surface area contributed by atoms with Gasteiger partial charge in [-0.05, 0) is 51.0 Å². The SMILES string of the molecule is Cc1cc(Cn2ccc(CNC(=O)OC(C)(C)C)n2)cc2onc(N)c12. The van der Waals surface area contributed by atoms with Gasteiger partial charge >= 0.3 is 6.09 Å². The maximum Gasteiger partial charge on any atom is 0.407 e. The van der Waals surface area contributed by atoms with Crippen molar-refractivity contribution in [3.05, 3.63) is 41.2 Å². The lowest BCUT2D eigenvalue weighted by atomic mass is 10.1. The molecule has 8 heteroatoms. The van der Waals surface area contributed by atoms with E-state index in [4.69, 9.17) is 15.0 Å². The zero-order valence-electron chi connectivity index (χ0n) is 15.4. The van der Waals surface area contributed by atoms with Gasteiger partial charge in [-0.15, -0.1) is 0 Å². The summed E-state index contributed by atoms with van der Waals surface area (Å²) in [5, 5.41) is 11.8. The van der Waals surface area contributed by atoms with Crippen LogP contribution in [0, 0.1) is 6.92 Å². The third kappa shape index (κ3) is 4.14. The quantitative estimate of drug-likeness (QED) is 0.743. The zero-order valence-corrected chi connectivity index (χ0v) is 15.4. The number of aromatic nitrogens is 3. The van der Waals surface area contributed by atoms with E-state index in [1.807, 2.05) is 52.1 Å². The first kappa shape index (κ1) is 17.8. The lowest BCUT2D eigenvalue weighted by molar-refractivity contribution is 0.0523. The molecule has 3 aromatic rings. The summed E-state index contributed by atoms with van der Waals surface area (Å²) >= 11 is 0. The Kier molecular flexibility index (Phi) is 4.58. The number of nitrogen functional groups attached to an aromatic ring is 1. The van der Waals surface area contributed by atoms with Gasteiger partial charge in [0.25, 0.3) is 0 Å². The summed E-state index contributed by atoms with van der Waals surface area (Å²) < 4.78 is 12.3. The van der Waals surface area contributed by atoms with Gasteiger partial charge in [-0.25, -0.2) is 4.79 Å². The van der Waals surface area contributed by atoms with Gasteiger partial charge in [-0.2, -0.15) is 5.10 Å². The highest BCUT2D eigenvalue weighted by atomic mass is 16.6. The number of amides is 1. The number of anilines is 1. The third-order valence-corrected chi connectivity index (χ3v) is 3.71. The lowest BCUT2D eigenvalue weighted by Gasteiger charge is -2.19. The fourth-order valence-corrected chi connectivity index (χ4v) is 2.71. The van der Waals surface area contributed by atoms with E-state index in [1.54, 1.807) is 4.68 Å². The number of carbonyl (C=O) groups is 1. The number of rotatable bonds is 4. The van der Waals surface area contributed by atoms with Crippen LogP contribution in [0.3, 0.4) is 0 Å². The van der Waals surface area contributed by atoms with Crippen molar-refractivity contribution in [3.63, 3.8) is 0 Å². The minimum atomic E-state index is -0.524. The molecule has 1 amide bonds. The van der Waals surface area contributed by atoms with Gasteiger partial charge in [0.2, 0.25) is 0 Å². The molecule has 0 fully saturated rings. The van der Waals surface area contributed by atoms with Gasteiger partial charge in [-0.3, -0.25) is 4.68 Å². The minimum absolute atomic E-state index is 0.304. The second kappa shape index (κ2) is 6.70. The maximum absolute atomic E-state index is 11.7. The summed E-state index contributed by atoms with van der Waals surface area (Å²) in [5.74, 6) is 0.402. The van der Waals surface area contributed by atoms with Gasteiger partial charge in [0, 0.05) is 6.20 Å². The van der Waals surface area contributed by atoms with Crippen molar-refractivity contribution < 1.29 is 14.1 Å². The van der Waals surface area contributed by atoms with Crippen LogP contribution in [0.1, 0.15) is 37.6 Å². The summed E-state index contributed by atoms with van der Waals surface area (Å²) in [4.78, 5) is 11.7. The van der Waals surface area contributed by atoms with Crippen molar-refractivity contribution in [2.24, 2.45) is 0 Å². The second-order valence-electron chi connectivity index (χ2n) is 7.21. The molecule has 3 rings (SSSR count). The summed E-state index contributed by atoms with van der Waals surface area (Å²) in [7, 11) is 0. The molecule has 0 atom stereocenters. The van der Waals surface area contributed by atoms with Crippen molar-refractivity contribution in [2.45, 2.75) is 46.4 Å². The van der Waals surface area contributed by atoms with Crippen molar-refractivity contribution in [2.75, 3.05) is 5.73 Å². The summed E-state index contributed by atoms with van der Waals surface area (Å²) in [6.45, 7) is 8.31. The minimum Gasteiger partial charge on any atom is -0.444 e. The molecule has 0 spiro atoms. The summed E-state index contributed by atoms with van der Waals surface area (Å²) in [6, 6.07) is 5.80. The lowest BCUT2D eigenvalue weighted by Crippen LogP contribution is -2.32. The van der Waals surface area contributed by atoms with Crippen LogP contribution in [0.25, 0.3) is 11.0 Å². The van der Waals surface area contributed by atoms with Crippen LogP contribution in [0.15, 0.2) is 28.9 Å². The first-order valence-corrected chi connectivity index (χ1v) is 8.35. The van der Waals surface area contributed by atoms with Crippen LogP contribution in [0.5, 0.6) is 0 Å². The van der Waals surface area contributed by atoms with Gasteiger partial charge < -0.3 is 20.3 Å². The molecule has 0 saturated carbocycles. The molecule has 8 nitrogen and oxygen atoms in total. The second-order valence-corrected chi connectivity index (χ2v) is 7.21. The average Bonchev–Trinajstić information content (AvgIpc) is 3.11. The predicted octanol–water partition coefficient (Wildman–Crippen LogP) is 2.99. The van der Waals surface area contributed by atoms with E-state index in [2.05, 4.69) is 15.6 Å². The summed E-state index contributed by atoms with van der Waals surface area (Å²) in [5.41, 5.74) is 8.74. The van der Waals surface area contributed by atoms with Crippen LogP contribution in [-0.2, 0) is 17.8 Å². The molecule has 3 N–H and O–H groups in total. The van der Waals surface area contributed by atoms with Gasteiger partial charge in [0.15, 0.2) is 11.4 Å². The van der Waals surface area contributed by atoms with Crippen molar-refractivity contribution >= 4 is 22.9 Å². The van der Waals surface area contributed by atoms with E-state index >= 15 is 0 Å². The molecular formula is C18H23N5O3. The number of carbonyl (C=O) groups excluding carboxylic acids is 1. The van der Waals surface area contributed by atoms with Gasteiger partial charge in [-0.1, -0.05) is 11.2 Å². The highest BCUT2D eigenvalue weighted by Crippen LogP contribution is 2.26. The Hall–Kier alpha value is -3.03. The molecule has 2 aromatic heterocycles. The Labute approximate surface area is 151 Å². The smallest absolute Gasteiger partial charge is 0.407 e. The Morgan fingerprint density at radius 1 is 1.38 bits per heavy atom. The monoisotopic (exact) mass is 357 g/mol. The number of hydrogen-bond acceptors (Lipinski definition) is 6. The molecule has 26 heavy (non-hydrogen) atoms. The number of fused-ring (bicyclic) bond motifs is 1. The average molecular weight is 357 g/mol. The topological polar surface area (TPSA) is 108 Å². The van der Waals surface area contributed by atoms with Crippen LogP contribution in [0.4, 0.5) is 10.6 Å². The molecule has 0 saturated heterocycles. The van der Waals surface area contributed by atoms with Gasteiger partial charge in [0.1, 0.15) is 5.60 Å². The van der Waals surface area contributed by atoms with E-state index in [1.165, 1.54) is 0 Å². The highest BCUT2D eigenvalue weighted by Gasteiger charge is 2.16. The molecule has 0 aliphatic heterocycles. The molecule has 1 aromatic carbocycles. The van der Waals surface area contributed by atoms with Crippen molar-refractivity contribution in [1.82, 2.24) is 20.3 Å². The van der Waals surface area contributed by atoms with E-state index in [-0.39, 0.29) is 0 Å². The molecular weight excluding hydrogens is 334 g/mol. The number of aryl methyl sites for hydroxylation is 1. The number of hydrogen-bond donors (Lipinski definition) is 2. The molecule has 0 unspecified atom stereocenters. The number of nitrogens with two attached hydrogens (primary N) is 1. The number of benzene rings is 1. The number of nitrogens with zero attached hydrogens (tertiary/aromatic N) is 3.